The van der Waals surface area contributed by atoms with Crippen LogP contribution in [0, 0.1) is 0 Å². The lowest BCUT2D eigenvalue weighted by atomic mass is 10.1. The Labute approximate surface area is 119 Å². The van der Waals surface area contributed by atoms with Gasteiger partial charge in [-0.05, 0) is 24.5 Å². The van der Waals surface area contributed by atoms with Gasteiger partial charge < -0.3 is 15.5 Å². The maximum absolute atomic E-state index is 5.41. The third-order valence-electron chi connectivity index (χ3n) is 2.87. The largest absolute Gasteiger partial charge is 0.407 e. The van der Waals surface area contributed by atoms with Gasteiger partial charge in [-0.3, -0.25) is 0 Å². The maximum atomic E-state index is 5.41. The number of hydrogen-bond acceptors (Lipinski definition) is 5. The summed E-state index contributed by atoms with van der Waals surface area (Å²) in [5, 5.41) is 10.8. The quantitative estimate of drug-likeness (QED) is 0.882. The Kier molecular flexibility index (Phi) is 5.79. The van der Waals surface area contributed by atoms with Crippen molar-refractivity contribution in [2.75, 3.05) is 5.32 Å². The summed E-state index contributed by atoms with van der Waals surface area (Å²) in [5.74, 6) is 0.436. The van der Waals surface area contributed by atoms with Gasteiger partial charge in [0.1, 0.15) is 0 Å². The van der Waals surface area contributed by atoms with Crippen LogP contribution in [-0.4, -0.2) is 10.2 Å². The first-order valence-electron chi connectivity index (χ1n) is 6.10. The van der Waals surface area contributed by atoms with Crippen LogP contribution in [0.15, 0.2) is 28.7 Å². The van der Waals surface area contributed by atoms with Gasteiger partial charge in [0.15, 0.2) is 0 Å². The zero-order valence-corrected chi connectivity index (χ0v) is 11.9. The fourth-order valence-electron chi connectivity index (χ4n) is 1.70. The second-order valence-corrected chi connectivity index (χ2v) is 4.17. The number of nitrogens with one attached hydrogen (secondary N) is 1. The van der Waals surface area contributed by atoms with E-state index in [1.165, 1.54) is 11.1 Å². The minimum Gasteiger partial charge on any atom is -0.407 e. The number of benzene rings is 1. The van der Waals surface area contributed by atoms with Gasteiger partial charge in [0.05, 0.1) is 12.6 Å². The molecule has 0 aliphatic carbocycles. The first-order valence-corrected chi connectivity index (χ1v) is 6.10. The molecule has 0 aliphatic rings. The lowest BCUT2D eigenvalue weighted by Gasteiger charge is -2.12. The second kappa shape index (κ2) is 7.11. The van der Waals surface area contributed by atoms with E-state index in [4.69, 9.17) is 10.2 Å². The molecule has 0 aliphatic heterocycles. The molecule has 104 valence electrons. The molecule has 0 saturated heterocycles. The van der Waals surface area contributed by atoms with Gasteiger partial charge in [-0.25, -0.2) is 0 Å². The van der Waals surface area contributed by atoms with Crippen molar-refractivity contribution in [2.45, 2.75) is 32.9 Å². The molecule has 0 spiro atoms. The molecule has 0 radical (unpaired) electrons. The lowest BCUT2D eigenvalue weighted by molar-refractivity contribution is 0.503. The molecular formula is C13H19ClN4O. The molecular weight excluding hydrogens is 264 g/mol. The van der Waals surface area contributed by atoms with E-state index < -0.39 is 0 Å². The van der Waals surface area contributed by atoms with E-state index >= 15 is 0 Å². The van der Waals surface area contributed by atoms with Gasteiger partial charge in [-0.2, -0.15) is 0 Å². The van der Waals surface area contributed by atoms with E-state index in [1.807, 2.05) is 6.92 Å². The van der Waals surface area contributed by atoms with Crippen molar-refractivity contribution in [3.05, 3.63) is 41.3 Å². The summed E-state index contributed by atoms with van der Waals surface area (Å²) in [6, 6.07) is 9.00. The van der Waals surface area contributed by atoms with Crippen LogP contribution in [0.3, 0.4) is 0 Å². The number of aromatic nitrogens is 2. The Bertz CT molecular complexity index is 498. The average molecular weight is 283 g/mol. The van der Waals surface area contributed by atoms with Gasteiger partial charge in [-0.15, -0.1) is 17.5 Å². The number of aryl methyl sites for hydroxylation is 1. The molecule has 6 heteroatoms. The number of halogens is 1. The monoisotopic (exact) mass is 282 g/mol. The predicted octanol–water partition coefficient (Wildman–Crippen LogP) is 2.69. The molecule has 1 aromatic carbocycles. The highest BCUT2D eigenvalue weighted by Crippen LogP contribution is 2.18. The van der Waals surface area contributed by atoms with Crippen molar-refractivity contribution in [1.29, 1.82) is 0 Å². The van der Waals surface area contributed by atoms with E-state index in [0.29, 0.717) is 11.9 Å². The molecule has 0 saturated carbocycles. The zero-order chi connectivity index (χ0) is 13.0. The minimum atomic E-state index is 0. The van der Waals surface area contributed by atoms with Crippen molar-refractivity contribution < 1.29 is 4.42 Å². The van der Waals surface area contributed by atoms with E-state index in [1.54, 1.807) is 0 Å². The molecule has 1 unspecified atom stereocenters. The van der Waals surface area contributed by atoms with Gasteiger partial charge in [0.25, 0.3) is 0 Å². The molecule has 1 heterocycles. The normalized spacial score (nSPS) is 11.7. The lowest BCUT2D eigenvalue weighted by Crippen LogP contribution is -2.06. The molecule has 2 aromatic rings. The molecule has 1 atom stereocenters. The van der Waals surface area contributed by atoms with Crippen LogP contribution in [0.5, 0.6) is 0 Å². The summed E-state index contributed by atoms with van der Waals surface area (Å²) in [5.41, 5.74) is 7.92. The van der Waals surface area contributed by atoms with E-state index in [9.17, 15) is 0 Å². The topological polar surface area (TPSA) is 77.0 Å². The fourth-order valence-corrected chi connectivity index (χ4v) is 1.70. The van der Waals surface area contributed by atoms with Crippen LogP contribution in [0.2, 0.25) is 0 Å². The third kappa shape index (κ3) is 3.94. The minimum absolute atomic E-state index is 0. The molecule has 0 bridgehead atoms. The third-order valence-corrected chi connectivity index (χ3v) is 2.87. The second-order valence-electron chi connectivity index (χ2n) is 4.17. The number of anilines is 1. The Morgan fingerprint density at radius 3 is 2.47 bits per heavy atom. The molecule has 1 aromatic heterocycles. The Morgan fingerprint density at radius 1 is 1.26 bits per heavy atom. The molecule has 3 N–H and O–H groups in total. The maximum Gasteiger partial charge on any atom is 0.315 e. The number of rotatable bonds is 5. The first kappa shape index (κ1) is 15.5. The SMILES string of the molecule is CCc1ccc(C(C)Nc2nnc(CN)o2)cc1.Cl. The van der Waals surface area contributed by atoms with Crippen LogP contribution >= 0.6 is 12.4 Å². The first-order chi connectivity index (χ1) is 8.72. The van der Waals surface area contributed by atoms with Gasteiger partial charge in [0.2, 0.25) is 5.89 Å². The van der Waals surface area contributed by atoms with Crippen LogP contribution in [0.4, 0.5) is 6.01 Å². The van der Waals surface area contributed by atoms with Crippen LogP contribution in [0.1, 0.15) is 36.9 Å². The highest BCUT2D eigenvalue weighted by atomic mass is 35.5. The van der Waals surface area contributed by atoms with Crippen molar-refractivity contribution in [1.82, 2.24) is 10.2 Å². The molecule has 5 nitrogen and oxygen atoms in total. The van der Waals surface area contributed by atoms with Crippen molar-refractivity contribution in [2.24, 2.45) is 5.73 Å². The van der Waals surface area contributed by atoms with Crippen molar-refractivity contribution in [3.63, 3.8) is 0 Å². The van der Waals surface area contributed by atoms with Crippen LogP contribution < -0.4 is 11.1 Å². The van der Waals surface area contributed by atoms with Gasteiger partial charge in [0, 0.05) is 0 Å². The molecule has 19 heavy (non-hydrogen) atoms. The summed E-state index contributed by atoms with van der Waals surface area (Å²) < 4.78 is 5.31. The highest BCUT2D eigenvalue weighted by molar-refractivity contribution is 5.85. The highest BCUT2D eigenvalue weighted by Gasteiger charge is 2.09. The van der Waals surface area contributed by atoms with Gasteiger partial charge in [-0.1, -0.05) is 36.3 Å². The summed E-state index contributed by atoms with van der Waals surface area (Å²) in [6.45, 7) is 4.45. The molecule has 0 fully saturated rings. The van der Waals surface area contributed by atoms with E-state index in [0.717, 1.165) is 6.42 Å². The van der Waals surface area contributed by atoms with Gasteiger partial charge >= 0.3 is 6.01 Å². The Morgan fingerprint density at radius 2 is 1.95 bits per heavy atom. The number of hydrogen-bond donors (Lipinski definition) is 2. The summed E-state index contributed by atoms with van der Waals surface area (Å²) >= 11 is 0. The molecule has 2 rings (SSSR count). The molecule has 0 amide bonds. The number of nitrogens with two attached hydrogens (primary N) is 1. The standard InChI is InChI=1S/C13H18N4O.ClH/c1-3-10-4-6-11(7-5-10)9(2)15-13-17-16-12(8-14)18-13;/h4-7,9H,3,8,14H2,1-2H3,(H,15,17);1H. The predicted molar refractivity (Wildman–Crippen MR) is 77.3 cm³/mol. The number of nitrogens with zero attached hydrogens (tertiary/aromatic N) is 2. The van der Waals surface area contributed by atoms with Crippen LogP contribution in [0.25, 0.3) is 0 Å². The van der Waals surface area contributed by atoms with E-state index in [-0.39, 0.29) is 25.0 Å². The van der Waals surface area contributed by atoms with Crippen molar-refractivity contribution >= 4 is 18.4 Å². The zero-order valence-electron chi connectivity index (χ0n) is 11.1. The van der Waals surface area contributed by atoms with E-state index in [2.05, 4.69) is 46.7 Å². The average Bonchev–Trinajstić information content (AvgIpc) is 2.86. The summed E-state index contributed by atoms with van der Waals surface area (Å²) in [6.07, 6.45) is 1.05. The Balaban J connectivity index is 0.00000180. The smallest absolute Gasteiger partial charge is 0.315 e. The Hall–Kier alpha value is -1.59. The van der Waals surface area contributed by atoms with Crippen molar-refractivity contribution in [3.8, 4) is 0 Å². The van der Waals surface area contributed by atoms with Crippen LogP contribution in [-0.2, 0) is 13.0 Å². The summed E-state index contributed by atoms with van der Waals surface area (Å²) in [7, 11) is 0. The fraction of sp³-hybridized carbons (Fsp3) is 0.385. The summed E-state index contributed by atoms with van der Waals surface area (Å²) in [4.78, 5) is 0.